The van der Waals surface area contributed by atoms with Gasteiger partial charge in [0.1, 0.15) is 16.4 Å². The minimum atomic E-state index is -3.60. The van der Waals surface area contributed by atoms with Crippen LogP contribution in [0.3, 0.4) is 0 Å². The van der Waals surface area contributed by atoms with Crippen LogP contribution in [0.5, 0.6) is 0 Å². The maximum absolute atomic E-state index is 12.6. The summed E-state index contributed by atoms with van der Waals surface area (Å²) in [6.45, 7) is 5.79. The maximum atomic E-state index is 12.6. The quantitative estimate of drug-likeness (QED) is 0.859. The summed E-state index contributed by atoms with van der Waals surface area (Å²) in [5.74, 6) is 0.801. The summed E-state index contributed by atoms with van der Waals surface area (Å²) in [5.41, 5.74) is 1.57. The lowest BCUT2D eigenvalue weighted by Crippen LogP contribution is -2.35. The number of hydrogen-bond acceptors (Lipinski definition) is 4. The van der Waals surface area contributed by atoms with Crippen LogP contribution in [0.1, 0.15) is 30.4 Å². The zero-order valence-corrected chi connectivity index (χ0v) is 12.2. The van der Waals surface area contributed by atoms with Gasteiger partial charge in [-0.15, -0.1) is 0 Å². The Morgan fingerprint density at radius 1 is 1.32 bits per heavy atom. The van der Waals surface area contributed by atoms with Crippen molar-refractivity contribution < 1.29 is 17.9 Å². The topological polar surface area (TPSA) is 70.8 Å². The molecule has 0 unspecified atom stereocenters. The smallest absolute Gasteiger partial charge is 0.247 e. The SMILES string of the molecule is CC1=CCN(S(=O)(=O)c2c(C)oc(C)c2CO)CC1. The number of aliphatic hydroxyl groups is 1. The summed E-state index contributed by atoms with van der Waals surface area (Å²) in [7, 11) is -3.60. The molecule has 2 heterocycles. The van der Waals surface area contributed by atoms with Crippen molar-refractivity contribution in [1.29, 1.82) is 0 Å². The molecule has 0 fully saturated rings. The monoisotopic (exact) mass is 285 g/mol. The molecule has 6 heteroatoms. The summed E-state index contributed by atoms with van der Waals surface area (Å²) < 4.78 is 32.0. The van der Waals surface area contributed by atoms with Crippen LogP contribution >= 0.6 is 0 Å². The van der Waals surface area contributed by atoms with Crippen LogP contribution in [-0.2, 0) is 16.6 Å². The molecule has 2 rings (SSSR count). The van der Waals surface area contributed by atoms with Crippen molar-refractivity contribution in [2.24, 2.45) is 0 Å². The Labute approximate surface area is 113 Å². The first-order valence-electron chi connectivity index (χ1n) is 6.23. The molecule has 1 aliphatic heterocycles. The van der Waals surface area contributed by atoms with Gasteiger partial charge in [-0.05, 0) is 27.2 Å². The Kier molecular flexibility index (Phi) is 3.85. The second-order valence-corrected chi connectivity index (χ2v) is 6.72. The summed E-state index contributed by atoms with van der Waals surface area (Å²) >= 11 is 0. The number of sulfonamides is 1. The highest BCUT2D eigenvalue weighted by atomic mass is 32.2. The first-order chi connectivity index (χ1) is 8.87. The number of hydrogen-bond donors (Lipinski definition) is 1. The minimum Gasteiger partial charge on any atom is -0.465 e. The number of aryl methyl sites for hydroxylation is 2. The number of furan rings is 1. The van der Waals surface area contributed by atoms with Gasteiger partial charge in [0.25, 0.3) is 0 Å². The molecule has 19 heavy (non-hydrogen) atoms. The maximum Gasteiger partial charge on any atom is 0.247 e. The molecule has 1 aromatic heterocycles. The van der Waals surface area contributed by atoms with Crippen LogP contribution in [-0.4, -0.2) is 30.9 Å². The Morgan fingerprint density at radius 3 is 2.53 bits per heavy atom. The van der Waals surface area contributed by atoms with Crippen LogP contribution in [0.2, 0.25) is 0 Å². The van der Waals surface area contributed by atoms with Crippen LogP contribution in [0.25, 0.3) is 0 Å². The lowest BCUT2D eigenvalue weighted by atomic mass is 10.1. The second-order valence-electron chi connectivity index (χ2n) is 4.84. The third-order valence-electron chi connectivity index (χ3n) is 3.48. The number of rotatable bonds is 3. The molecule has 0 atom stereocenters. The minimum absolute atomic E-state index is 0.125. The molecule has 0 amide bonds. The second kappa shape index (κ2) is 5.11. The molecule has 0 aliphatic carbocycles. The fraction of sp³-hybridized carbons (Fsp3) is 0.538. The molecule has 0 spiro atoms. The van der Waals surface area contributed by atoms with E-state index in [2.05, 4.69) is 0 Å². The van der Waals surface area contributed by atoms with E-state index in [1.807, 2.05) is 13.0 Å². The van der Waals surface area contributed by atoms with Gasteiger partial charge in [0.2, 0.25) is 10.0 Å². The molecule has 0 saturated carbocycles. The highest BCUT2D eigenvalue weighted by Gasteiger charge is 2.32. The van der Waals surface area contributed by atoms with Crippen molar-refractivity contribution in [3.63, 3.8) is 0 Å². The summed E-state index contributed by atoms with van der Waals surface area (Å²) in [5, 5.41) is 9.36. The van der Waals surface area contributed by atoms with Crippen molar-refractivity contribution >= 4 is 10.0 Å². The molecular formula is C13H19NO4S. The van der Waals surface area contributed by atoms with E-state index in [0.29, 0.717) is 30.2 Å². The van der Waals surface area contributed by atoms with Crippen molar-refractivity contribution in [3.8, 4) is 0 Å². The Balaban J connectivity index is 2.46. The molecule has 0 saturated heterocycles. The van der Waals surface area contributed by atoms with E-state index in [9.17, 15) is 13.5 Å². The molecule has 0 aromatic carbocycles. The van der Waals surface area contributed by atoms with Crippen molar-refractivity contribution in [2.45, 2.75) is 38.7 Å². The summed E-state index contributed by atoms with van der Waals surface area (Å²) in [6.07, 6.45) is 2.66. The molecule has 5 nitrogen and oxygen atoms in total. The van der Waals surface area contributed by atoms with E-state index < -0.39 is 10.0 Å². The number of nitrogens with zero attached hydrogens (tertiary/aromatic N) is 1. The van der Waals surface area contributed by atoms with Gasteiger partial charge < -0.3 is 9.52 Å². The summed E-state index contributed by atoms with van der Waals surface area (Å²) in [4.78, 5) is 0.125. The highest BCUT2D eigenvalue weighted by molar-refractivity contribution is 7.89. The molecule has 0 bridgehead atoms. The standard InChI is InChI=1S/C13H19NO4S/c1-9-4-6-14(7-5-9)19(16,17)13-11(3)18-10(2)12(13)8-15/h4,15H,5-8H2,1-3H3. The largest absolute Gasteiger partial charge is 0.465 e. The lowest BCUT2D eigenvalue weighted by Gasteiger charge is -2.24. The van der Waals surface area contributed by atoms with Crippen molar-refractivity contribution in [1.82, 2.24) is 4.31 Å². The zero-order valence-electron chi connectivity index (χ0n) is 11.4. The fourth-order valence-corrected chi connectivity index (χ4v) is 4.12. The van der Waals surface area contributed by atoms with Crippen LogP contribution in [0.15, 0.2) is 21.0 Å². The fourth-order valence-electron chi connectivity index (χ4n) is 2.33. The van der Waals surface area contributed by atoms with E-state index >= 15 is 0 Å². The first-order valence-corrected chi connectivity index (χ1v) is 7.67. The van der Waals surface area contributed by atoms with Crippen molar-refractivity contribution in [2.75, 3.05) is 13.1 Å². The van der Waals surface area contributed by atoms with Gasteiger partial charge in [-0.2, -0.15) is 4.31 Å². The Bertz CT molecular complexity index is 613. The van der Waals surface area contributed by atoms with Gasteiger partial charge in [-0.3, -0.25) is 0 Å². The predicted octanol–water partition coefficient (Wildman–Crippen LogP) is 1.73. The third kappa shape index (κ3) is 2.48. The molecule has 1 N–H and O–H groups in total. The molecule has 106 valence electrons. The Hall–Kier alpha value is -1.11. The zero-order chi connectivity index (χ0) is 14.2. The van der Waals surface area contributed by atoms with E-state index in [1.165, 1.54) is 9.88 Å². The van der Waals surface area contributed by atoms with E-state index in [1.54, 1.807) is 13.8 Å². The Morgan fingerprint density at radius 2 is 2.00 bits per heavy atom. The van der Waals surface area contributed by atoms with E-state index in [-0.39, 0.29) is 11.5 Å². The molecule has 1 aliphatic rings. The third-order valence-corrected chi connectivity index (χ3v) is 5.54. The van der Waals surface area contributed by atoms with Crippen LogP contribution in [0.4, 0.5) is 0 Å². The number of aliphatic hydroxyl groups excluding tert-OH is 1. The van der Waals surface area contributed by atoms with Crippen molar-refractivity contribution in [3.05, 3.63) is 28.7 Å². The van der Waals surface area contributed by atoms with Crippen LogP contribution < -0.4 is 0 Å². The highest BCUT2D eigenvalue weighted by Crippen LogP contribution is 2.30. The molecule has 1 aromatic rings. The van der Waals surface area contributed by atoms with Gasteiger partial charge in [0, 0.05) is 18.7 Å². The van der Waals surface area contributed by atoms with E-state index in [0.717, 1.165) is 6.42 Å². The van der Waals surface area contributed by atoms with Gasteiger partial charge in [-0.1, -0.05) is 11.6 Å². The van der Waals surface area contributed by atoms with Gasteiger partial charge in [0.05, 0.1) is 6.61 Å². The average molecular weight is 285 g/mol. The van der Waals surface area contributed by atoms with Gasteiger partial charge >= 0.3 is 0 Å². The van der Waals surface area contributed by atoms with Gasteiger partial charge in [-0.25, -0.2) is 8.42 Å². The van der Waals surface area contributed by atoms with Crippen LogP contribution in [0, 0.1) is 13.8 Å². The van der Waals surface area contributed by atoms with Gasteiger partial charge in [0.15, 0.2) is 0 Å². The molecule has 0 radical (unpaired) electrons. The lowest BCUT2D eigenvalue weighted by molar-refractivity contribution is 0.276. The van der Waals surface area contributed by atoms with E-state index in [4.69, 9.17) is 4.42 Å². The average Bonchev–Trinajstić information content (AvgIpc) is 2.64. The summed E-state index contributed by atoms with van der Waals surface area (Å²) in [6, 6.07) is 0. The molecular weight excluding hydrogens is 266 g/mol. The first kappa shape index (κ1) is 14.3. The predicted molar refractivity (Wildman–Crippen MR) is 71.2 cm³/mol. The normalized spacial score (nSPS) is 17.6.